The minimum atomic E-state index is -0.173. The van der Waals surface area contributed by atoms with Gasteiger partial charge in [-0.2, -0.15) is 0 Å². The monoisotopic (exact) mass is 449 g/mol. The summed E-state index contributed by atoms with van der Waals surface area (Å²) in [6, 6.07) is 11.9. The lowest BCUT2D eigenvalue weighted by Crippen LogP contribution is -2.51. The fourth-order valence-electron chi connectivity index (χ4n) is 4.97. The molecule has 0 amide bonds. The lowest BCUT2D eigenvalue weighted by atomic mass is 10.00. The first kappa shape index (κ1) is 21.8. The van der Waals surface area contributed by atoms with Crippen LogP contribution in [0.15, 0.2) is 36.4 Å². The number of hydrogen-bond donors (Lipinski definition) is 0. The minimum absolute atomic E-state index is 0.173. The summed E-state index contributed by atoms with van der Waals surface area (Å²) in [6.45, 7) is 8.81. The number of hydrogen-bond acceptors (Lipinski definition) is 6. The number of ketones is 1. The third-order valence-corrected chi connectivity index (χ3v) is 7.12. The van der Waals surface area contributed by atoms with E-state index in [0.29, 0.717) is 6.79 Å². The summed E-state index contributed by atoms with van der Waals surface area (Å²) < 4.78 is 18.4. The number of Topliss-reactive ketones (excluding diaryl/α,β-unsaturated/α-hetero) is 1. The Hall–Kier alpha value is -3.03. The molecule has 2 aliphatic heterocycles. The topological polar surface area (TPSA) is 56.2 Å². The van der Waals surface area contributed by atoms with E-state index in [2.05, 4.69) is 26.5 Å². The molecule has 0 unspecified atom stereocenters. The average Bonchev–Trinajstić information content (AvgIpc) is 3.40. The normalized spacial score (nSPS) is 17.5. The van der Waals surface area contributed by atoms with E-state index in [4.69, 9.17) is 14.2 Å². The van der Waals surface area contributed by atoms with Crippen LogP contribution in [0.5, 0.6) is 17.2 Å². The Bertz CT molecular complexity index is 1190. The molecular formula is C26H31N3O4. The first-order chi connectivity index (χ1) is 16.0. The molecular weight excluding hydrogens is 418 g/mol. The molecule has 5 rings (SSSR count). The Morgan fingerprint density at radius 1 is 1.06 bits per heavy atom. The number of carbonyl (C=O) groups is 1. The van der Waals surface area contributed by atoms with Crippen LogP contribution in [-0.2, 0) is 13.6 Å². The molecule has 0 N–H and O–H groups in total. The van der Waals surface area contributed by atoms with Crippen LogP contribution in [-0.4, -0.2) is 66.3 Å². The molecule has 2 aliphatic rings. The second kappa shape index (κ2) is 8.72. The predicted octanol–water partition coefficient (Wildman–Crippen LogP) is 3.61. The van der Waals surface area contributed by atoms with E-state index in [0.717, 1.165) is 72.1 Å². The average molecular weight is 450 g/mol. The lowest BCUT2D eigenvalue weighted by Gasteiger charge is -2.37. The highest BCUT2D eigenvalue weighted by molar-refractivity contribution is 6.12. The minimum Gasteiger partial charge on any atom is -0.497 e. The number of fused-ring (bicyclic) bond motifs is 2. The van der Waals surface area contributed by atoms with Crippen LogP contribution in [0, 0.1) is 6.92 Å². The van der Waals surface area contributed by atoms with Gasteiger partial charge < -0.3 is 18.8 Å². The van der Waals surface area contributed by atoms with Crippen molar-refractivity contribution >= 4 is 16.7 Å². The summed E-state index contributed by atoms with van der Waals surface area (Å²) in [4.78, 5) is 18.4. The molecule has 0 saturated carbocycles. The molecule has 0 aliphatic carbocycles. The van der Waals surface area contributed by atoms with Crippen LogP contribution in [0.2, 0.25) is 0 Å². The summed E-state index contributed by atoms with van der Waals surface area (Å²) in [5, 5.41) is 0.965. The summed E-state index contributed by atoms with van der Waals surface area (Å²) in [5.41, 5.74) is 4.08. The van der Waals surface area contributed by atoms with Crippen molar-refractivity contribution in [2.75, 3.05) is 40.1 Å². The smallest absolute Gasteiger partial charge is 0.231 e. The highest BCUT2D eigenvalue weighted by Crippen LogP contribution is 2.33. The molecule has 174 valence electrons. The van der Waals surface area contributed by atoms with Gasteiger partial charge in [0.25, 0.3) is 0 Å². The van der Waals surface area contributed by atoms with Crippen molar-refractivity contribution < 1.29 is 19.0 Å². The van der Waals surface area contributed by atoms with E-state index in [1.807, 2.05) is 45.2 Å². The highest BCUT2D eigenvalue weighted by Gasteiger charge is 2.30. The molecule has 0 bridgehead atoms. The zero-order valence-corrected chi connectivity index (χ0v) is 19.8. The van der Waals surface area contributed by atoms with E-state index in [1.165, 1.54) is 5.56 Å². The third-order valence-electron chi connectivity index (χ3n) is 7.12. The molecule has 2 aromatic carbocycles. The maximum atomic E-state index is 13.6. The first-order valence-corrected chi connectivity index (χ1v) is 11.5. The van der Waals surface area contributed by atoms with Crippen molar-refractivity contribution in [1.29, 1.82) is 0 Å². The number of aryl methyl sites for hydroxylation is 1. The van der Waals surface area contributed by atoms with Gasteiger partial charge in [-0.15, -0.1) is 0 Å². The molecule has 1 atom stereocenters. The zero-order chi connectivity index (χ0) is 23.1. The molecule has 7 nitrogen and oxygen atoms in total. The number of nitrogens with zero attached hydrogens (tertiary/aromatic N) is 3. The predicted molar refractivity (Wildman–Crippen MR) is 127 cm³/mol. The van der Waals surface area contributed by atoms with Crippen LogP contribution in [0.25, 0.3) is 10.9 Å². The van der Waals surface area contributed by atoms with Crippen molar-refractivity contribution in [3.63, 3.8) is 0 Å². The Labute approximate surface area is 194 Å². The largest absolute Gasteiger partial charge is 0.497 e. The van der Waals surface area contributed by atoms with Crippen LogP contribution < -0.4 is 14.2 Å². The fourth-order valence-corrected chi connectivity index (χ4v) is 4.97. The number of methoxy groups -OCH3 is 1. The Balaban J connectivity index is 1.27. The molecule has 33 heavy (non-hydrogen) atoms. The lowest BCUT2D eigenvalue weighted by molar-refractivity contribution is 0.0688. The van der Waals surface area contributed by atoms with Gasteiger partial charge in [0.15, 0.2) is 17.3 Å². The summed E-state index contributed by atoms with van der Waals surface area (Å²) in [5.74, 6) is 2.59. The highest BCUT2D eigenvalue weighted by atomic mass is 16.7. The van der Waals surface area contributed by atoms with Crippen LogP contribution in [0.3, 0.4) is 0 Å². The van der Waals surface area contributed by atoms with E-state index in [1.54, 1.807) is 7.11 Å². The van der Waals surface area contributed by atoms with Crippen LogP contribution in [0.4, 0.5) is 0 Å². The van der Waals surface area contributed by atoms with Crippen molar-refractivity contribution in [2.24, 2.45) is 7.05 Å². The van der Waals surface area contributed by atoms with Gasteiger partial charge in [-0.05, 0) is 49.7 Å². The number of rotatable bonds is 6. The molecule has 1 aromatic heterocycles. The maximum Gasteiger partial charge on any atom is 0.231 e. The fraction of sp³-hybridized carbons (Fsp3) is 0.423. The molecule has 1 fully saturated rings. The summed E-state index contributed by atoms with van der Waals surface area (Å²) >= 11 is 0. The maximum absolute atomic E-state index is 13.6. The van der Waals surface area contributed by atoms with Gasteiger partial charge in [0.2, 0.25) is 6.79 Å². The summed E-state index contributed by atoms with van der Waals surface area (Å²) in [6.07, 6.45) is 0. The van der Waals surface area contributed by atoms with Gasteiger partial charge in [0, 0.05) is 61.9 Å². The van der Waals surface area contributed by atoms with E-state index < -0.39 is 0 Å². The van der Waals surface area contributed by atoms with Crippen LogP contribution in [0.1, 0.15) is 28.5 Å². The Morgan fingerprint density at radius 2 is 1.82 bits per heavy atom. The molecule has 0 spiro atoms. The molecule has 3 heterocycles. The van der Waals surface area contributed by atoms with Crippen LogP contribution >= 0.6 is 0 Å². The molecule has 1 saturated heterocycles. The molecule has 0 radical (unpaired) electrons. The second-order valence-electron chi connectivity index (χ2n) is 8.94. The van der Waals surface area contributed by atoms with Gasteiger partial charge in [-0.1, -0.05) is 6.07 Å². The number of benzene rings is 2. The van der Waals surface area contributed by atoms with Crippen molar-refractivity contribution in [3.05, 3.63) is 53.2 Å². The molecule has 3 aromatic rings. The molecule has 7 heteroatoms. The number of aromatic nitrogens is 1. The number of piperazine rings is 1. The van der Waals surface area contributed by atoms with Crippen molar-refractivity contribution in [2.45, 2.75) is 26.4 Å². The van der Waals surface area contributed by atoms with Gasteiger partial charge in [-0.3, -0.25) is 14.6 Å². The Morgan fingerprint density at radius 3 is 2.58 bits per heavy atom. The van der Waals surface area contributed by atoms with E-state index in [9.17, 15) is 4.79 Å². The quantitative estimate of drug-likeness (QED) is 0.536. The van der Waals surface area contributed by atoms with E-state index in [-0.39, 0.29) is 11.8 Å². The van der Waals surface area contributed by atoms with Gasteiger partial charge in [0.1, 0.15) is 5.75 Å². The van der Waals surface area contributed by atoms with Gasteiger partial charge in [-0.25, -0.2) is 0 Å². The zero-order valence-electron chi connectivity index (χ0n) is 19.8. The van der Waals surface area contributed by atoms with E-state index >= 15 is 0 Å². The first-order valence-electron chi connectivity index (χ1n) is 11.5. The van der Waals surface area contributed by atoms with Gasteiger partial charge in [0.05, 0.1) is 13.2 Å². The van der Waals surface area contributed by atoms with Gasteiger partial charge >= 0.3 is 0 Å². The third kappa shape index (κ3) is 3.96. The number of ether oxygens (including phenoxy) is 3. The van der Waals surface area contributed by atoms with Crippen molar-refractivity contribution in [3.8, 4) is 17.2 Å². The SMILES string of the molecule is COc1ccc2c(c1)c(C(=O)[C@@H](C)N1CCN(Cc3ccc4c(c3)OCO4)CC1)c(C)n2C. The summed E-state index contributed by atoms with van der Waals surface area (Å²) in [7, 11) is 3.67. The number of carbonyl (C=O) groups excluding carboxylic acids is 1. The standard InChI is InChI=1S/C26H31N3O4/c1-17-25(21-14-20(31-4)6-7-22(21)27(17)3)26(30)18(2)29-11-9-28(10-12-29)15-19-5-8-23-24(13-19)33-16-32-23/h5-8,13-14,18H,9-12,15-16H2,1-4H3/t18-/m1/s1. The second-order valence-corrected chi connectivity index (χ2v) is 8.94. The Kier molecular flexibility index (Phi) is 5.76. The van der Waals surface area contributed by atoms with Crippen molar-refractivity contribution in [1.82, 2.24) is 14.4 Å².